The van der Waals surface area contributed by atoms with Crippen molar-refractivity contribution in [3.63, 3.8) is 0 Å². The number of rotatable bonds is 9. The lowest BCUT2D eigenvalue weighted by atomic mass is 9.84. The summed E-state index contributed by atoms with van der Waals surface area (Å²) < 4.78 is 4.92. The largest absolute Gasteiger partial charge is 0.383 e. The zero-order valence-electron chi connectivity index (χ0n) is 12.6. The van der Waals surface area contributed by atoms with E-state index in [0.717, 1.165) is 19.5 Å². The first-order valence-corrected chi connectivity index (χ1v) is 6.81. The van der Waals surface area contributed by atoms with E-state index >= 15 is 0 Å². The van der Waals surface area contributed by atoms with E-state index in [1.165, 1.54) is 0 Å². The third-order valence-electron chi connectivity index (χ3n) is 2.60. The highest BCUT2D eigenvalue weighted by Crippen LogP contribution is 2.25. The van der Waals surface area contributed by atoms with Crippen molar-refractivity contribution in [1.29, 1.82) is 0 Å². The molecule has 1 unspecified atom stereocenters. The molecule has 0 aromatic carbocycles. The zero-order valence-corrected chi connectivity index (χ0v) is 12.6. The van der Waals surface area contributed by atoms with E-state index in [-0.39, 0.29) is 5.91 Å². The van der Waals surface area contributed by atoms with Crippen LogP contribution in [0.2, 0.25) is 0 Å². The van der Waals surface area contributed by atoms with Crippen LogP contribution in [-0.2, 0) is 9.53 Å². The summed E-state index contributed by atoms with van der Waals surface area (Å²) in [6.45, 7) is 11.8. The minimum Gasteiger partial charge on any atom is -0.383 e. The molecule has 0 heterocycles. The number of methoxy groups -OCH3 is 1. The van der Waals surface area contributed by atoms with Crippen LogP contribution < -0.4 is 10.6 Å². The normalized spacial score (nSPS) is 13.4. The van der Waals surface area contributed by atoms with Crippen LogP contribution in [0.15, 0.2) is 0 Å². The van der Waals surface area contributed by atoms with Crippen LogP contribution in [0.4, 0.5) is 0 Å². The average Bonchev–Trinajstić information content (AvgIpc) is 2.20. The van der Waals surface area contributed by atoms with Gasteiger partial charge in [-0.15, -0.1) is 0 Å². The van der Waals surface area contributed by atoms with Crippen molar-refractivity contribution in [2.45, 2.75) is 40.5 Å². The number of carbonyl (C=O) groups excluding carboxylic acids is 1. The Bertz CT molecular complexity index is 224. The quantitative estimate of drug-likeness (QED) is 0.620. The first-order chi connectivity index (χ1) is 8.35. The summed E-state index contributed by atoms with van der Waals surface area (Å²) in [5.41, 5.74) is 0.293. The van der Waals surface area contributed by atoms with Crippen LogP contribution in [0.25, 0.3) is 0 Å². The van der Waals surface area contributed by atoms with E-state index in [1.807, 2.05) is 0 Å². The van der Waals surface area contributed by atoms with Gasteiger partial charge in [-0.05, 0) is 17.8 Å². The Labute approximate surface area is 112 Å². The van der Waals surface area contributed by atoms with Crippen LogP contribution in [0.1, 0.15) is 40.5 Å². The van der Waals surface area contributed by atoms with Gasteiger partial charge in [0.1, 0.15) is 0 Å². The molecule has 0 saturated carbocycles. The Hall–Kier alpha value is -0.610. The molecule has 4 nitrogen and oxygen atoms in total. The molecule has 108 valence electrons. The highest BCUT2D eigenvalue weighted by atomic mass is 16.5. The monoisotopic (exact) mass is 258 g/mol. The second-order valence-corrected chi connectivity index (χ2v) is 6.17. The lowest BCUT2D eigenvalue weighted by molar-refractivity contribution is -0.122. The van der Waals surface area contributed by atoms with Gasteiger partial charge in [-0.1, -0.05) is 27.7 Å². The number of amides is 1. The van der Waals surface area contributed by atoms with Crippen molar-refractivity contribution in [2.24, 2.45) is 11.3 Å². The molecular formula is C14H30N2O2. The number of ether oxygens (including phenoxy) is 1. The maximum Gasteiger partial charge on any atom is 0.220 e. The molecule has 1 amide bonds. The molecule has 0 aromatic heterocycles. The molecule has 0 spiro atoms. The van der Waals surface area contributed by atoms with Crippen LogP contribution in [0.5, 0.6) is 0 Å². The molecule has 0 aromatic rings. The molecule has 0 aliphatic carbocycles. The molecule has 2 N–H and O–H groups in total. The lowest BCUT2D eigenvalue weighted by Crippen LogP contribution is -2.33. The first kappa shape index (κ1) is 17.4. The summed E-state index contributed by atoms with van der Waals surface area (Å²) in [4.78, 5) is 11.7. The van der Waals surface area contributed by atoms with Crippen molar-refractivity contribution in [3.05, 3.63) is 0 Å². The van der Waals surface area contributed by atoms with Crippen LogP contribution in [0.3, 0.4) is 0 Å². The molecule has 18 heavy (non-hydrogen) atoms. The van der Waals surface area contributed by atoms with E-state index in [0.29, 0.717) is 30.9 Å². The Morgan fingerprint density at radius 3 is 2.44 bits per heavy atom. The maximum absolute atomic E-state index is 11.7. The molecule has 1 atom stereocenters. The van der Waals surface area contributed by atoms with Gasteiger partial charge in [0.05, 0.1) is 6.61 Å². The Morgan fingerprint density at radius 2 is 1.89 bits per heavy atom. The van der Waals surface area contributed by atoms with Crippen LogP contribution >= 0.6 is 0 Å². The molecule has 0 radical (unpaired) electrons. The average molecular weight is 258 g/mol. The summed E-state index contributed by atoms with van der Waals surface area (Å²) in [5, 5.41) is 6.13. The predicted molar refractivity (Wildman–Crippen MR) is 75.6 cm³/mol. The first-order valence-electron chi connectivity index (χ1n) is 6.81. The highest BCUT2D eigenvalue weighted by molar-refractivity contribution is 5.76. The molecule has 0 bridgehead atoms. The fourth-order valence-corrected chi connectivity index (χ4v) is 2.10. The topological polar surface area (TPSA) is 50.4 Å². The third-order valence-corrected chi connectivity index (χ3v) is 2.60. The number of hydrogen-bond donors (Lipinski definition) is 2. The second kappa shape index (κ2) is 9.34. The summed E-state index contributed by atoms with van der Waals surface area (Å²) >= 11 is 0. The van der Waals surface area contributed by atoms with E-state index in [2.05, 4.69) is 38.3 Å². The van der Waals surface area contributed by atoms with E-state index in [4.69, 9.17) is 4.74 Å². The van der Waals surface area contributed by atoms with Crippen molar-refractivity contribution in [2.75, 3.05) is 33.4 Å². The Kier molecular flexibility index (Phi) is 9.02. The number of carbonyl (C=O) groups is 1. The van der Waals surface area contributed by atoms with Gasteiger partial charge < -0.3 is 15.4 Å². The van der Waals surface area contributed by atoms with Gasteiger partial charge >= 0.3 is 0 Å². The standard InChI is InChI=1S/C14H30N2O2/c1-12(11-14(2,3)4)10-13(17)16-7-6-15-8-9-18-5/h12,15H,6-11H2,1-5H3,(H,16,17). The molecule has 0 saturated heterocycles. The van der Waals surface area contributed by atoms with Crippen molar-refractivity contribution >= 4 is 5.91 Å². The molecule has 0 fully saturated rings. The number of nitrogens with one attached hydrogen (secondary N) is 2. The smallest absolute Gasteiger partial charge is 0.220 e. The minimum absolute atomic E-state index is 0.153. The fraction of sp³-hybridized carbons (Fsp3) is 0.929. The molecule has 0 rings (SSSR count). The summed E-state index contributed by atoms with van der Waals surface area (Å²) in [6.07, 6.45) is 1.70. The summed E-state index contributed by atoms with van der Waals surface area (Å²) in [5.74, 6) is 0.590. The van der Waals surface area contributed by atoms with Gasteiger partial charge in [0.25, 0.3) is 0 Å². The summed E-state index contributed by atoms with van der Waals surface area (Å²) in [7, 11) is 1.68. The summed E-state index contributed by atoms with van der Waals surface area (Å²) in [6, 6.07) is 0. The van der Waals surface area contributed by atoms with Gasteiger partial charge in [0, 0.05) is 33.2 Å². The van der Waals surface area contributed by atoms with Crippen molar-refractivity contribution in [3.8, 4) is 0 Å². The Balaban J connectivity index is 3.53. The van der Waals surface area contributed by atoms with Gasteiger partial charge in [-0.25, -0.2) is 0 Å². The van der Waals surface area contributed by atoms with Crippen LogP contribution in [-0.4, -0.2) is 39.3 Å². The molecule has 0 aliphatic heterocycles. The van der Waals surface area contributed by atoms with Gasteiger partial charge in [-0.2, -0.15) is 0 Å². The zero-order chi connectivity index (χ0) is 14.0. The van der Waals surface area contributed by atoms with Crippen LogP contribution in [0, 0.1) is 11.3 Å². The van der Waals surface area contributed by atoms with Gasteiger partial charge in [-0.3, -0.25) is 4.79 Å². The van der Waals surface area contributed by atoms with E-state index in [1.54, 1.807) is 7.11 Å². The minimum atomic E-state index is 0.153. The third kappa shape index (κ3) is 11.9. The van der Waals surface area contributed by atoms with Crippen molar-refractivity contribution in [1.82, 2.24) is 10.6 Å². The van der Waals surface area contributed by atoms with Gasteiger partial charge in [0.15, 0.2) is 0 Å². The molecular weight excluding hydrogens is 228 g/mol. The van der Waals surface area contributed by atoms with Crippen molar-refractivity contribution < 1.29 is 9.53 Å². The van der Waals surface area contributed by atoms with Gasteiger partial charge in [0.2, 0.25) is 5.91 Å². The maximum atomic E-state index is 11.7. The fourth-order valence-electron chi connectivity index (χ4n) is 2.10. The van der Waals surface area contributed by atoms with E-state index < -0.39 is 0 Å². The lowest BCUT2D eigenvalue weighted by Gasteiger charge is -2.22. The predicted octanol–water partition coefficient (Wildman–Crippen LogP) is 1.80. The highest BCUT2D eigenvalue weighted by Gasteiger charge is 2.17. The Morgan fingerprint density at radius 1 is 1.22 bits per heavy atom. The molecule has 0 aliphatic rings. The molecule has 4 heteroatoms. The number of hydrogen-bond acceptors (Lipinski definition) is 3. The second-order valence-electron chi connectivity index (χ2n) is 6.17. The SMILES string of the molecule is COCCNCCNC(=O)CC(C)CC(C)(C)C. The van der Waals surface area contributed by atoms with E-state index in [9.17, 15) is 4.79 Å².